The summed E-state index contributed by atoms with van der Waals surface area (Å²) in [6.45, 7) is 7.95. The zero-order chi connectivity index (χ0) is 17.9. The van der Waals surface area contributed by atoms with E-state index >= 15 is 0 Å². The molecule has 0 aliphatic heterocycles. The highest BCUT2D eigenvalue weighted by molar-refractivity contribution is 7.89. The minimum atomic E-state index is -3.54. The number of anilines is 2. The fourth-order valence-corrected chi connectivity index (χ4v) is 2.83. The van der Waals surface area contributed by atoms with E-state index < -0.39 is 10.0 Å². The average molecular weight is 345 g/mol. The molecule has 0 aliphatic rings. The molecule has 2 rings (SSSR count). The minimum Gasteiger partial charge on any atom is -0.325 e. The van der Waals surface area contributed by atoms with E-state index in [0.29, 0.717) is 0 Å². The highest BCUT2D eigenvalue weighted by Crippen LogP contribution is 2.19. The number of sulfonamides is 1. The third-order valence-corrected chi connectivity index (χ3v) is 4.04. The first-order valence-corrected chi connectivity index (χ1v) is 9.47. The van der Waals surface area contributed by atoms with Crippen molar-refractivity contribution in [1.82, 2.24) is 0 Å². The predicted octanol–water partition coefficient (Wildman–Crippen LogP) is 3.76. The van der Waals surface area contributed by atoms with Crippen LogP contribution >= 0.6 is 0 Å². The largest absolute Gasteiger partial charge is 0.325 e. The van der Waals surface area contributed by atoms with Gasteiger partial charge in [0, 0.05) is 11.4 Å². The Balaban J connectivity index is 2.37. The van der Waals surface area contributed by atoms with Crippen molar-refractivity contribution >= 4 is 27.4 Å². The highest BCUT2D eigenvalue weighted by atomic mass is 32.2. The van der Waals surface area contributed by atoms with E-state index in [9.17, 15) is 8.42 Å². The number of hydrogen-bond donors (Lipinski definition) is 2. The lowest BCUT2D eigenvalue weighted by molar-refractivity contribution is 0.603. The minimum absolute atomic E-state index is 0.177. The Bertz CT molecular complexity index is 832. The maximum Gasteiger partial charge on any atom is 0.253 e. The van der Waals surface area contributed by atoms with Crippen LogP contribution in [0.15, 0.2) is 40.8 Å². The molecular weight excluding hydrogens is 322 g/mol. The van der Waals surface area contributed by atoms with Crippen LogP contribution in [0.3, 0.4) is 0 Å². The predicted molar refractivity (Wildman–Crippen MR) is 101 cm³/mol. The van der Waals surface area contributed by atoms with E-state index in [0.717, 1.165) is 39.9 Å². The second kappa shape index (κ2) is 7.05. The quantitative estimate of drug-likeness (QED) is 0.656. The Morgan fingerprint density at radius 2 is 1.25 bits per heavy atom. The van der Waals surface area contributed by atoms with Crippen LogP contribution in [-0.2, 0) is 10.0 Å². The van der Waals surface area contributed by atoms with Gasteiger partial charge >= 0.3 is 0 Å². The van der Waals surface area contributed by atoms with Crippen LogP contribution < -0.4 is 10.6 Å². The number of rotatable bonds is 3. The van der Waals surface area contributed by atoms with Gasteiger partial charge in [0.15, 0.2) is 0 Å². The third kappa shape index (κ3) is 5.09. The molecule has 0 spiro atoms. The first-order valence-electron chi connectivity index (χ1n) is 7.62. The second-order valence-electron chi connectivity index (χ2n) is 6.06. The SMILES string of the molecule is Cc1ccc(NC(=NS(C)(=O)=O)Nc2ccc(C)cc2C)c(C)c1. The summed E-state index contributed by atoms with van der Waals surface area (Å²) in [5, 5.41) is 6.16. The Hall–Kier alpha value is -2.34. The molecule has 0 bridgehead atoms. The third-order valence-electron chi connectivity index (χ3n) is 3.53. The van der Waals surface area contributed by atoms with Crippen molar-refractivity contribution in [2.75, 3.05) is 16.9 Å². The summed E-state index contributed by atoms with van der Waals surface area (Å²) >= 11 is 0. The Labute approximate surface area is 143 Å². The summed E-state index contributed by atoms with van der Waals surface area (Å²) in [6.07, 6.45) is 1.07. The maximum atomic E-state index is 11.6. The molecule has 5 nitrogen and oxygen atoms in total. The van der Waals surface area contributed by atoms with E-state index in [2.05, 4.69) is 15.0 Å². The molecular formula is C18H23N3O2S. The van der Waals surface area contributed by atoms with E-state index in [-0.39, 0.29) is 5.96 Å². The molecule has 2 N–H and O–H groups in total. The van der Waals surface area contributed by atoms with Gasteiger partial charge < -0.3 is 10.6 Å². The normalized spacial score (nSPS) is 11.0. The van der Waals surface area contributed by atoms with Crippen LogP contribution in [0.25, 0.3) is 0 Å². The van der Waals surface area contributed by atoms with Crippen LogP contribution in [0.4, 0.5) is 11.4 Å². The lowest BCUT2D eigenvalue weighted by atomic mass is 10.1. The fraction of sp³-hybridized carbons (Fsp3) is 0.278. The highest BCUT2D eigenvalue weighted by Gasteiger charge is 2.09. The smallest absolute Gasteiger partial charge is 0.253 e. The van der Waals surface area contributed by atoms with Gasteiger partial charge in [-0.3, -0.25) is 0 Å². The zero-order valence-corrected chi connectivity index (χ0v) is 15.5. The number of nitrogens with zero attached hydrogens (tertiary/aromatic N) is 1. The average Bonchev–Trinajstić information content (AvgIpc) is 2.43. The van der Waals surface area contributed by atoms with Crippen molar-refractivity contribution in [1.29, 1.82) is 0 Å². The van der Waals surface area contributed by atoms with Crippen LogP contribution in [0.5, 0.6) is 0 Å². The van der Waals surface area contributed by atoms with Gasteiger partial charge in [0.1, 0.15) is 0 Å². The van der Waals surface area contributed by atoms with Gasteiger partial charge in [0.2, 0.25) is 5.96 Å². The summed E-state index contributed by atoms with van der Waals surface area (Å²) in [4.78, 5) is 0. The molecule has 0 atom stereocenters. The molecule has 0 radical (unpaired) electrons. The monoisotopic (exact) mass is 345 g/mol. The van der Waals surface area contributed by atoms with Gasteiger partial charge in [0.05, 0.1) is 6.26 Å². The van der Waals surface area contributed by atoms with Gasteiger partial charge in [-0.2, -0.15) is 0 Å². The van der Waals surface area contributed by atoms with E-state index in [1.165, 1.54) is 0 Å². The lowest BCUT2D eigenvalue weighted by Gasteiger charge is -2.16. The number of guanidine groups is 1. The van der Waals surface area contributed by atoms with Gasteiger partial charge in [0.25, 0.3) is 10.0 Å². The zero-order valence-electron chi connectivity index (χ0n) is 14.6. The Kier molecular flexibility index (Phi) is 5.29. The second-order valence-corrected chi connectivity index (χ2v) is 7.71. The molecule has 0 aromatic heterocycles. The number of aryl methyl sites for hydroxylation is 4. The summed E-state index contributed by atoms with van der Waals surface area (Å²) < 4.78 is 27.1. The molecule has 0 unspecified atom stereocenters. The van der Waals surface area contributed by atoms with Gasteiger partial charge in [-0.05, 0) is 51.0 Å². The molecule has 2 aromatic carbocycles. The van der Waals surface area contributed by atoms with Gasteiger partial charge in [-0.15, -0.1) is 4.40 Å². The molecule has 24 heavy (non-hydrogen) atoms. The molecule has 0 saturated heterocycles. The van der Waals surface area contributed by atoms with Crippen molar-refractivity contribution in [3.63, 3.8) is 0 Å². The van der Waals surface area contributed by atoms with E-state index in [4.69, 9.17) is 0 Å². The van der Waals surface area contributed by atoms with Crippen molar-refractivity contribution in [2.24, 2.45) is 4.40 Å². The van der Waals surface area contributed by atoms with Crippen LogP contribution in [0.1, 0.15) is 22.3 Å². The number of hydrogen-bond acceptors (Lipinski definition) is 2. The van der Waals surface area contributed by atoms with E-state index in [1.54, 1.807) is 0 Å². The Morgan fingerprint density at radius 1 is 0.833 bits per heavy atom. The Morgan fingerprint density at radius 3 is 1.58 bits per heavy atom. The molecule has 0 aliphatic carbocycles. The molecule has 0 heterocycles. The summed E-state index contributed by atoms with van der Waals surface area (Å²) in [5.41, 5.74) is 5.92. The number of nitrogens with one attached hydrogen (secondary N) is 2. The first kappa shape index (κ1) is 18.0. The molecule has 6 heteroatoms. The van der Waals surface area contributed by atoms with Crippen LogP contribution in [0, 0.1) is 27.7 Å². The first-order chi connectivity index (χ1) is 11.1. The van der Waals surface area contributed by atoms with Crippen molar-refractivity contribution in [3.8, 4) is 0 Å². The van der Waals surface area contributed by atoms with Crippen LogP contribution in [0.2, 0.25) is 0 Å². The van der Waals surface area contributed by atoms with Gasteiger partial charge in [-0.1, -0.05) is 35.4 Å². The number of benzene rings is 2. The summed E-state index contributed by atoms with van der Waals surface area (Å²) in [7, 11) is -3.54. The molecule has 2 aromatic rings. The van der Waals surface area contributed by atoms with Crippen molar-refractivity contribution in [3.05, 3.63) is 58.7 Å². The van der Waals surface area contributed by atoms with E-state index in [1.807, 2.05) is 64.1 Å². The summed E-state index contributed by atoms with van der Waals surface area (Å²) in [6, 6.07) is 11.8. The molecule has 128 valence electrons. The van der Waals surface area contributed by atoms with Crippen LogP contribution in [-0.4, -0.2) is 20.6 Å². The lowest BCUT2D eigenvalue weighted by Crippen LogP contribution is -2.24. The standard InChI is InChI=1S/C18H23N3O2S/c1-12-6-8-16(14(3)10-12)19-18(21-24(5,22)23)20-17-9-7-13(2)11-15(17)4/h6-11H,1-5H3,(H2,19,20,21). The topological polar surface area (TPSA) is 70.6 Å². The molecule has 0 fully saturated rings. The summed E-state index contributed by atoms with van der Waals surface area (Å²) in [5.74, 6) is 0.177. The maximum absolute atomic E-state index is 11.6. The van der Waals surface area contributed by atoms with Gasteiger partial charge in [-0.25, -0.2) is 8.42 Å². The fourth-order valence-electron chi connectivity index (χ4n) is 2.41. The van der Waals surface area contributed by atoms with Crippen molar-refractivity contribution in [2.45, 2.75) is 27.7 Å². The molecule has 0 saturated carbocycles. The van der Waals surface area contributed by atoms with Crippen molar-refractivity contribution < 1.29 is 8.42 Å². The molecule has 0 amide bonds.